The highest BCUT2D eigenvalue weighted by Crippen LogP contribution is 2.27. The van der Waals surface area contributed by atoms with Crippen LogP contribution in [0.1, 0.15) is 12.6 Å². The number of carbonyl (C=O) groups excluding carboxylic acids is 1. The molecule has 5 nitrogen and oxygen atoms in total. The second-order valence-electron chi connectivity index (χ2n) is 4.86. The Bertz CT molecular complexity index is 783. The standard InChI is InChI=1S/C16H15N3O2S/c1-10-6-5-9-14(17-10)19-15(20)11(2)22-16-18-12-7-3-4-8-13(12)21-16/h3-9,11H,1-2H3,(H,17,19,20). The SMILES string of the molecule is Cc1cccc(NC(=O)C(C)Sc2nc3ccccc3o2)n1. The molecule has 0 spiro atoms. The molecule has 0 aliphatic rings. The number of carbonyl (C=O) groups is 1. The van der Waals surface area contributed by atoms with Gasteiger partial charge in [-0.15, -0.1) is 0 Å². The lowest BCUT2D eigenvalue weighted by Crippen LogP contribution is -2.23. The van der Waals surface area contributed by atoms with Crippen LogP contribution in [0.5, 0.6) is 0 Å². The van der Waals surface area contributed by atoms with Gasteiger partial charge in [0.15, 0.2) is 5.58 Å². The monoisotopic (exact) mass is 313 g/mol. The molecule has 0 bridgehead atoms. The zero-order valence-electron chi connectivity index (χ0n) is 12.2. The molecule has 1 unspecified atom stereocenters. The summed E-state index contributed by atoms with van der Waals surface area (Å²) in [5.41, 5.74) is 2.37. The fourth-order valence-corrected chi connectivity index (χ4v) is 2.70. The number of aryl methyl sites for hydroxylation is 1. The quantitative estimate of drug-likeness (QED) is 0.745. The average molecular weight is 313 g/mol. The number of anilines is 1. The number of pyridine rings is 1. The Hall–Kier alpha value is -2.34. The zero-order chi connectivity index (χ0) is 15.5. The molecule has 0 aliphatic heterocycles. The van der Waals surface area contributed by atoms with Crippen molar-refractivity contribution < 1.29 is 9.21 Å². The lowest BCUT2D eigenvalue weighted by molar-refractivity contribution is -0.115. The Morgan fingerprint density at radius 1 is 1.18 bits per heavy atom. The maximum Gasteiger partial charge on any atom is 0.257 e. The molecule has 0 saturated heterocycles. The molecule has 0 radical (unpaired) electrons. The highest BCUT2D eigenvalue weighted by molar-refractivity contribution is 8.00. The molecule has 1 amide bonds. The number of amides is 1. The first-order chi connectivity index (χ1) is 10.6. The fourth-order valence-electron chi connectivity index (χ4n) is 1.95. The van der Waals surface area contributed by atoms with Crippen molar-refractivity contribution in [3.8, 4) is 0 Å². The van der Waals surface area contributed by atoms with Gasteiger partial charge in [0.05, 0.1) is 5.25 Å². The minimum absolute atomic E-state index is 0.134. The van der Waals surface area contributed by atoms with Crippen molar-refractivity contribution in [3.05, 3.63) is 48.2 Å². The molecule has 3 aromatic rings. The normalized spacial score (nSPS) is 12.3. The number of rotatable bonds is 4. The number of aromatic nitrogens is 2. The van der Waals surface area contributed by atoms with E-state index < -0.39 is 0 Å². The topological polar surface area (TPSA) is 68.0 Å². The van der Waals surface area contributed by atoms with Gasteiger partial charge in [-0.05, 0) is 38.1 Å². The number of nitrogens with one attached hydrogen (secondary N) is 1. The summed E-state index contributed by atoms with van der Waals surface area (Å²) in [6.07, 6.45) is 0. The summed E-state index contributed by atoms with van der Waals surface area (Å²) < 4.78 is 5.61. The van der Waals surface area contributed by atoms with Crippen LogP contribution < -0.4 is 5.32 Å². The molecule has 22 heavy (non-hydrogen) atoms. The van der Waals surface area contributed by atoms with E-state index in [9.17, 15) is 4.79 Å². The van der Waals surface area contributed by atoms with Crippen molar-refractivity contribution in [3.63, 3.8) is 0 Å². The zero-order valence-corrected chi connectivity index (χ0v) is 13.1. The van der Waals surface area contributed by atoms with Crippen molar-refractivity contribution in [1.82, 2.24) is 9.97 Å². The lowest BCUT2D eigenvalue weighted by Gasteiger charge is -2.09. The molecule has 2 heterocycles. The molecular formula is C16H15N3O2S. The Morgan fingerprint density at radius 3 is 2.77 bits per heavy atom. The molecule has 6 heteroatoms. The van der Waals surface area contributed by atoms with Crippen LogP contribution in [-0.2, 0) is 4.79 Å². The largest absolute Gasteiger partial charge is 0.431 e. The molecule has 1 atom stereocenters. The minimum atomic E-state index is -0.338. The van der Waals surface area contributed by atoms with Crippen LogP contribution in [0.15, 0.2) is 52.1 Å². The number of benzene rings is 1. The highest BCUT2D eigenvalue weighted by Gasteiger charge is 2.18. The fraction of sp³-hybridized carbons (Fsp3) is 0.188. The van der Waals surface area contributed by atoms with Gasteiger partial charge in [-0.1, -0.05) is 30.0 Å². The summed E-state index contributed by atoms with van der Waals surface area (Å²) in [6, 6.07) is 13.0. The van der Waals surface area contributed by atoms with E-state index in [1.165, 1.54) is 11.8 Å². The van der Waals surface area contributed by atoms with Crippen LogP contribution in [0.3, 0.4) is 0 Å². The smallest absolute Gasteiger partial charge is 0.257 e. The highest BCUT2D eigenvalue weighted by atomic mass is 32.2. The van der Waals surface area contributed by atoms with Gasteiger partial charge in [0, 0.05) is 5.69 Å². The number of para-hydroxylation sites is 2. The maximum absolute atomic E-state index is 12.2. The van der Waals surface area contributed by atoms with Crippen LogP contribution in [-0.4, -0.2) is 21.1 Å². The van der Waals surface area contributed by atoms with E-state index in [1.807, 2.05) is 50.2 Å². The number of hydrogen-bond donors (Lipinski definition) is 1. The summed E-state index contributed by atoms with van der Waals surface area (Å²) in [7, 11) is 0. The Kier molecular flexibility index (Phi) is 4.11. The average Bonchev–Trinajstić information content (AvgIpc) is 2.89. The van der Waals surface area contributed by atoms with E-state index in [0.29, 0.717) is 11.0 Å². The van der Waals surface area contributed by atoms with Gasteiger partial charge in [-0.3, -0.25) is 4.79 Å². The van der Waals surface area contributed by atoms with Crippen LogP contribution in [0, 0.1) is 6.92 Å². The van der Waals surface area contributed by atoms with Crippen molar-refractivity contribution in [1.29, 1.82) is 0 Å². The molecule has 1 aromatic carbocycles. The molecule has 112 valence electrons. The van der Waals surface area contributed by atoms with Crippen LogP contribution in [0.2, 0.25) is 0 Å². The van der Waals surface area contributed by atoms with Crippen molar-refractivity contribution >= 4 is 34.6 Å². The summed E-state index contributed by atoms with van der Waals surface area (Å²) in [4.78, 5) is 20.8. The van der Waals surface area contributed by atoms with Crippen LogP contribution >= 0.6 is 11.8 Å². The van der Waals surface area contributed by atoms with Gasteiger partial charge in [0.1, 0.15) is 11.3 Å². The van der Waals surface area contributed by atoms with Gasteiger partial charge < -0.3 is 9.73 Å². The third-order valence-corrected chi connectivity index (χ3v) is 4.00. The van der Waals surface area contributed by atoms with Crippen molar-refractivity contribution in [2.45, 2.75) is 24.3 Å². The minimum Gasteiger partial charge on any atom is -0.431 e. The Balaban J connectivity index is 1.68. The third-order valence-electron chi connectivity index (χ3n) is 3.06. The third kappa shape index (κ3) is 3.28. The van der Waals surface area contributed by atoms with E-state index in [1.54, 1.807) is 6.07 Å². The van der Waals surface area contributed by atoms with Gasteiger partial charge in [0.2, 0.25) is 5.91 Å². The number of hydrogen-bond acceptors (Lipinski definition) is 5. The second-order valence-corrected chi connectivity index (χ2v) is 6.15. The molecule has 0 saturated carbocycles. The first kappa shape index (κ1) is 14.6. The van der Waals surface area contributed by atoms with Crippen LogP contribution in [0.4, 0.5) is 5.82 Å². The molecular weight excluding hydrogens is 298 g/mol. The van der Waals surface area contributed by atoms with Crippen molar-refractivity contribution in [2.75, 3.05) is 5.32 Å². The molecule has 2 aromatic heterocycles. The van der Waals surface area contributed by atoms with Crippen LogP contribution in [0.25, 0.3) is 11.1 Å². The predicted octanol–water partition coefficient (Wildman–Crippen LogP) is 3.65. The first-order valence-electron chi connectivity index (χ1n) is 6.88. The lowest BCUT2D eigenvalue weighted by atomic mass is 10.3. The number of oxazole rings is 1. The van der Waals surface area contributed by atoms with Crippen molar-refractivity contribution in [2.24, 2.45) is 0 Å². The molecule has 0 aliphatic carbocycles. The van der Waals surface area contributed by atoms with E-state index in [4.69, 9.17) is 4.42 Å². The number of fused-ring (bicyclic) bond motifs is 1. The summed E-state index contributed by atoms with van der Waals surface area (Å²) in [5, 5.41) is 2.95. The molecule has 1 N–H and O–H groups in total. The van der Waals surface area contributed by atoms with Gasteiger partial charge in [-0.25, -0.2) is 9.97 Å². The van der Waals surface area contributed by atoms with E-state index >= 15 is 0 Å². The maximum atomic E-state index is 12.2. The summed E-state index contributed by atoms with van der Waals surface area (Å²) >= 11 is 1.28. The summed E-state index contributed by atoms with van der Waals surface area (Å²) in [6.45, 7) is 3.69. The summed E-state index contributed by atoms with van der Waals surface area (Å²) in [5.74, 6) is 0.417. The van der Waals surface area contributed by atoms with E-state index in [-0.39, 0.29) is 11.2 Å². The number of thioether (sulfide) groups is 1. The van der Waals surface area contributed by atoms with Gasteiger partial charge >= 0.3 is 0 Å². The Labute approximate surface area is 132 Å². The Morgan fingerprint density at radius 2 is 2.00 bits per heavy atom. The number of nitrogens with zero attached hydrogens (tertiary/aromatic N) is 2. The van der Waals surface area contributed by atoms with Gasteiger partial charge in [0.25, 0.3) is 5.22 Å². The second kappa shape index (κ2) is 6.19. The molecule has 3 rings (SSSR count). The van der Waals surface area contributed by atoms with E-state index in [2.05, 4.69) is 15.3 Å². The first-order valence-corrected chi connectivity index (χ1v) is 7.76. The predicted molar refractivity (Wildman–Crippen MR) is 86.9 cm³/mol. The van der Waals surface area contributed by atoms with E-state index in [0.717, 1.165) is 16.8 Å². The van der Waals surface area contributed by atoms with Gasteiger partial charge in [-0.2, -0.15) is 0 Å². The molecule has 0 fully saturated rings.